The Morgan fingerprint density at radius 3 is 2.72 bits per heavy atom. The Kier molecular flexibility index (Phi) is 7.25. The minimum atomic E-state index is -0.313. The molecule has 0 aromatic heterocycles. The third-order valence-corrected chi connectivity index (χ3v) is 2.94. The Hall–Kier alpha value is -0.640. The molecule has 0 fully saturated rings. The van der Waals surface area contributed by atoms with Crippen LogP contribution in [0.25, 0.3) is 0 Å². The van der Waals surface area contributed by atoms with Gasteiger partial charge in [0.2, 0.25) is 0 Å². The molecular formula is C14H21ClFNO. The van der Waals surface area contributed by atoms with Gasteiger partial charge in [0.1, 0.15) is 5.82 Å². The SMILES string of the molecule is CCCNC(COCCC)c1ccc(F)cc1Cl. The van der Waals surface area contributed by atoms with Gasteiger partial charge in [0.15, 0.2) is 0 Å². The van der Waals surface area contributed by atoms with Crippen molar-refractivity contribution < 1.29 is 9.13 Å². The molecule has 0 aliphatic carbocycles. The van der Waals surface area contributed by atoms with Gasteiger partial charge in [0.05, 0.1) is 12.6 Å². The second kappa shape index (κ2) is 8.46. The normalized spacial score (nSPS) is 12.7. The molecule has 2 nitrogen and oxygen atoms in total. The van der Waals surface area contributed by atoms with Crippen LogP contribution in [0.1, 0.15) is 38.3 Å². The standard InChI is InChI=1S/C14H21ClFNO/c1-3-7-17-14(10-18-8-4-2)12-6-5-11(16)9-13(12)15/h5-6,9,14,17H,3-4,7-8,10H2,1-2H3. The van der Waals surface area contributed by atoms with E-state index in [-0.39, 0.29) is 11.9 Å². The fourth-order valence-electron chi connectivity index (χ4n) is 1.71. The highest BCUT2D eigenvalue weighted by atomic mass is 35.5. The fraction of sp³-hybridized carbons (Fsp3) is 0.571. The maximum atomic E-state index is 13.0. The molecule has 0 saturated heterocycles. The van der Waals surface area contributed by atoms with Crippen molar-refractivity contribution in [1.29, 1.82) is 0 Å². The Bertz CT molecular complexity index is 360. The second-order valence-electron chi connectivity index (χ2n) is 4.25. The monoisotopic (exact) mass is 273 g/mol. The molecule has 1 aromatic rings. The van der Waals surface area contributed by atoms with Crippen molar-refractivity contribution in [2.24, 2.45) is 0 Å². The Labute approximate surface area is 113 Å². The van der Waals surface area contributed by atoms with Crippen LogP contribution >= 0.6 is 11.6 Å². The van der Waals surface area contributed by atoms with E-state index >= 15 is 0 Å². The van der Waals surface area contributed by atoms with Crippen LogP contribution in [0.4, 0.5) is 4.39 Å². The highest BCUT2D eigenvalue weighted by Gasteiger charge is 2.14. The zero-order valence-electron chi connectivity index (χ0n) is 11.0. The van der Waals surface area contributed by atoms with E-state index in [9.17, 15) is 4.39 Å². The maximum absolute atomic E-state index is 13.0. The van der Waals surface area contributed by atoms with Crippen molar-refractivity contribution in [2.75, 3.05) is 19.8 Å². The number of nitrogens with one attached hydrogen (secondary N) is 1. The van der Waals surface area contributed by atoms with Crippen LogP contribution in [-0.4, -0.2) is 19.8 Å². The van der Waals surface area contributed by atoms with E-state index < -0.39 is 0 Å². The highest BCUT2D eigenvalue weighted by Crippen LogP contribution is 2.24. The third-order valence-electron chi connectivity index (χ3n) is 2.61. The van der Waals surface area contributed by atoms with Gasteiger partial charge in [-0.25, -0.2) is 4.39 Å². The van der Waals surface area contributed by atoms with Crippen LogP contribution in [0, 0.1) is 5.82 Å². The molecular weight excluding hydrogens is 253 g/mol. The van der Waals surface area contributed by atoms with E-state index in [1.807, 2.05) is 0 Å². The Balaban J connectivity index is 2.73. The number of hydrogen-bond acceptors (Lipinski definition) is 2. The van der Waals surface area contributed by atoms with Crippen molar-refractivity contribution in [3.63, 3.8) is 0 Å². The summed E-state index contributed by atoms with van der Waals surface area (Å²) in [5.74, 6) is -0.313. The number of halogens is 2. The van der Waals surface area contributed by atoms with Crippen LogP contribution in [0.15, 0.2) is 18.2 Å². The summed E-state index contributed by atoms with van der Waals surface area (Å²) in [5.41, 5.74) is 0.891. The second-order valence-corrected chi connectivity index (χ2v) is 4.65. The highest BCUT2D eigenvalue weighted by molar-refractivity contribution is 6.31. The van der Waals surface area contributed by atoms with Gasteiger partial charge in [-0.3, -0.25) is 0 Å². The van der Waals surface area contributed by atoms with Gasteiger partial charge in [0, 0.05) is 11.6 Å². The van der Waals surface area contributed by atoms with Gasteiger partial charge in [-0.2, -0.15) is 0 Å². The first-order valence-corrected chi connectivity index (χ1v) is 6.82. The molecule has 0 amide bonds. The molecule has 102 valence electrons. The molecule has 1 N–H and O–H groups in total. The van der Waals surface area contributed by atoms with Crippen LogP contribution in [-0.2, 0) is 4.74 Å². The lowest BCUT2D eigenvalue weighted by Crippen LogP contribution is -2.26. The quantitative estimate of drug-likeness (QED) is 0.724. The third kappa shape index (κ3) is 4.92. The van der Waals surface area contributed by atoms with Crippen molar-refractivity contribution >= 4 is 11.6 Å². The van der Waals surface area contributed by atoms with Gasteiger partial charge in [-0.1, -0.05) is 31.5 Å². The van der Waals surface area contributed by atoms with Crippen molar-refractivity contribution in [3.8, 4) is 0 Å². The molecule has 1 rings (SSSR count). The average molecular weight is 274 g/mol. The van der Waals surface area contributed by atoms with Crippen LogP contribution in [0.5, 0.6) is 0 Å². The van der Waals surface area contributed by atoms with E-state index in [0.717, 1.165) is 31.6 Å². The van der Waals surface area contributed by atoms with Crippen LogP contribution in [0.2, 0.25) is 5.02 Å². The first-order chi connectivity index (χ1) is 8.69. The molecule has 18 heavy (non-hydrogen) atoms. The summed E-state index contributed by atoms with van der Waals surface area (Å²) in [6, 6.07) is 4.52. The molecule has 1 aromatic carbocycles. The van der Waals surface area contributed by atoms with Gasteiger partial charge in [-0.05, 0) is 37.1 Å². The van der Waals surface area contributed by atoms with Gasteiger partial charge in [-0.15, -0.1) is 0 Å². The lowest BCUT2D eigenvalue weighted by Gasteiger charge is -2.20. The maximum Gasteiger partial charge on any atom is 0.124 e. The lowest BCUT2D eigenvalue weighted by atomic mass is 10.1. The number of hydrogen-bond donors (Lipinski definition) is 1. The topological polar surface area (TPSA) is 21.3 Å². The summed E-state index contributed by atoms with van der Waals surface area (Å²) in [6.45, 7) is 6.33. The number of rotatable bonds is 8. The average Bonchev–Trinajstić information content (AvgIpc) is 2.34. The molecule has 0 bridgehead atoms. The summed E-state index contributed by atoms with van der Waals surface area (Å²) in [6.07, 6.45) is 2.01. The van der Waals surface area contributed by atoms with E-state index in [4.69, 9.17) is 16.3 Å². The Morgan fingerprint density at radius 2 is 2.11 bits per heavy atom. The fourth-order valence-corrected chi connectivity index (χ4v) is 2.01. The van der Waals surface area contributed by atoms with E-state index in [1.54, 1.807) is 6.07 Å². The lowest BCUT2D eigenvalue weighted by molar-refractivity contribution is 0.112. The minimum Gasteiger partial charge on any atom is -0.379 e. The molecule has 0 aliphatic heterocycles. The molecule has 0 saturated carbocycles. The van der Waals surface area contributed by atoms with Crippen LogP contribution < -0.4 is 5.32 Å². The zero-order chi connectivity index (χ0) is 13.4. The first kappa shape index (κ1) is 15.4. The van der Waals surface area contributed by atoms with Crippen molar-refractivity contribution in [2.45, 2.75) is 32.7 Å². The van der Waals surface area contributed by atoms with Crippen LogP contribution in [0.3, 0.4) is 0 Å². The summed E-state index contributed by atoms with van der Waals surface area (Å²) < 4.78 is 18.6. The van der Waals surface area contributed by atoms with Gasteiger partial charge < -0.3 is 10.1 Å². The number of ether oxygens (including phenoxy) is 1. The molecule has 0 spiro atoms. The smallest absolute Gasteiger partial charge is 0.124 e. The van der Waals surface area contributed by atoms with Gasteiger partial charge in [0.25, 0.3) is 0 Å². The molecule has 1 atom stereocenters. The zero-order valence-corrected chi connectivity index (χ0v) is 11.8. The minimum absolute atomic E-state index is 0.0181. The largest absolute Gasteiger partial charge is 0.379 e. The van der Waals surface area contributed by atoms with Crippen molar-refractivity contribution in [3.05, 3.63) is 34.6 Å². The summed E-state index contributed by atoms with van der Waals surface area (Å²) in [7, 11) is 0. The van der Waals surface area contributed by atoms with E-state index in [0.29, 0.717) is 11.6 Å². The summed E-state index contributed by atoms with van der Waals surface area (Å²) in [5, 5.41) is 3.82. The van der Waals surface area contributed by atoms with Gasteiger partial charge >= 0.3 is 0 Å². The summed E-state index contributed by atoms with van der Waals surface area (Å²) in [4.78, 5) is 0. The predicted octanol–water partition coefficient (Wildman–Crippen LogP) is 3.95. The Morgan fingerprint density at radius 1 is 1.33 bits per heavy atom. The summed E-state index contributed by atoms with van der Waals surface area (Å²) >= 11 is 6.08. The first-order valence-electron chi connectivity index (χ1n) is 6.45. The molecule has 4 heteroatoms. The van der Waals surface area contributed by atoms with E-state index in [1.165, 1.54) is 12.1 Å². The predicted molar refractivity (Wildman–Crippen MR) is 73.6 cm³/mol. The van der Waals surface area contributed by atoms with E-state index in [2.05, 4.69) is 19.2 Å². The molecule has 0 aliphatic rings. The van der Waals surface area contributed by atoms with Crippen molar-refractivity contribution in [1.82, 2.24) is 5.32 Å². The molecule has 0 radical (unpaired) electrons. The molecule has 0 heterocycles. The molecule has 1 unspecified atom stereocenters. The number of benzene rings is 1.